The Labute approximate surface area is 391 Å². The summed E-state index contributed by atoms with van der Waals surface area (Å²) in [5, 5.41) is 23.9. The Balaban J connectivity index is 0.000000503. The fraction of sp³-hybridized carbons (Fsp3) is 0.622. The van der Waals surface area contributed by atoms with Crippen LogP contribution in [0.4, 0.5) is 63.2 Å². The van der Waals surface area contributed by atoms with Gasteiger partial charge in [0, 0.05) is 91.9 Å². The Morgan fingerprint density at radius 2 is 1.13 bits per heavy atom. The van der Waals surface area contributed by atoms with Crippen LogP contribution in [0, 0.1) is 23.7 Å². The van der Waals surface area contributed by atoms with Gasteiger partial charge in [0.1, 0.15) is 42.3 Å². The maximum atomic E-state index is 12.0. The molecular formula is C45H65B3F12N4O4. The zero-order valence-corrected chi connectivity index (χ0v) is 38.9. The van der Waals surface area contributed by atoms with Gasteiger partial charge in [-0.25, -0.2) is 0 Å². The van der Waals surface area contributed by atoms with Gasteiger partial charge in [0.05, 0.1) is 40.4 Å². The highest BCUT2D eigenvalue weighted by atomic mass is 19.5. The van der Waals surface area contributed by atoms with Crippen molar-refractivity contribution in [1.82, 2.24) is 0 Å². The van der Waals surface area contributed by atoms with Crippen LogP contribution in [-0.2, 0) is 0 Å². The van der Waals surface area contributed by atoms with Crippen LogP contribution < -0.4 is 24.2 Å². The van der Waals surface area contributed by atoms with Crippen molar-refractivity contribution in [2.24, 2.45) is 23.7 Å². The van der Waals surface area contributed by atoms with Crippen LogP contribution in [0.5, 0.6) is 11.5 Å². The zero-order valence-electron chi connectivity index (χ0n) is 38.9. The number of quaternary nitrogens is 2. The van der Waals surface area contributed by atoms with E-state index < -0.39 is 21.8 Å². The van der Waals surface area contributed by atoms with Gasteiger partial charge < -0.3 is 86.2 Å². The fourth-order valence-corrected chi connectivity index (χ4v) is 11.9. The summed E-state index contributed by atoms with van der Waals surface area (Å²) in [7, 11) is -14.5. The summed E-state index contributed by atoms with van der Waals surface area (Å²) in [4.78, 5) is 5.59. The minimum atomic E-state index is -6.00. The number of anilines is 1. The van der Waals surface area contributed by atoms with E-state index in [9.17, 15) is 62.0 Å². The van der Waals surface area contributed by atoms with E-state index in [2.05, 4.69) is 78.2 Å². The second-order valence-corrected chi connectivity index (χ2v) is 18.7. The molecule has 23 heteroatoms. The number of hydrogen-bond donors (Lipinski definition) is 4. The van der Waals surface area contributed by atoms with Gasteiger partial charge >= 0.3 is 21.8 Å². The number of rotatable bonds is 11. The van der Waals surface area contributed by atoms with Crippen molar-refractivity contribution >= 4 is 39.4 Å². The van der Waals surface area contributed by atoms with Crippen LogP contribution in [0.2, 0.25) is 0 Å². The molecule has 0 spiro atoms. The van der Waals surface area contributed by atoms with Gasteiger partial charge in [-0.2, -0.15) is 4.58 Å². The molecule has 0 aromatic heterocycles. The second-order valence-electron chi connectivity index (χ2n) is 18.7. The number of aliphatic hydroxyl groups is 2. The Morgan fingerprint density at radius 1 is 0.662 bits per heavy atom. The van der Waals surface area contributed by atoms with Crippen LogP contribution >= 0.6 is 0 Å². The maximum absolute atomic E-state index is 12.0. The summed E-state index contributed by atoms with van der Waals surface area (Å²) in [6.45, 7) is 11.3. The first-order valence-electron chi connectivity index (χ1n) is 23.6. The number of benzene rings is 2. The van der Waals surface area contributed by atoms with Crippen molar-refractivity contribution in [2.75, 3.05) is 58.4 Å². The molecule has 0 aliphatic carbocycles. The summed E-state index contributed by atoms with van der Waals surface area (Å²) < 4.78 is 131. The largest absolute Gasteiger partial charge is 0.673 e. The van der Waals surface area contributed by atoms with Gasteiger partial charge in [0.15, 0.2) is 6.21 Å². The topological polar surface area (TPSA) is 74.1 Å². The molecule has 2 aromatic rings. The molecule has 8 heterocycles. The summed E-state index contributed by atoms with van der Waals surface area (Å²) >= 11 is 0. The van der Waals surface area contributed by atoms with Crippen molar-refractivity contribution < 1.29 is 85.9 Å². The number of fused-ring (bicyclic) bond motifs is 8. The first kappa shape index (κ1) is 55.1. The lowest BCUT2D eigenvalue weighted by Crippen LogP contribution is -3.20. The van der Waals surface area contributed by atoms with Gasteiger partial charge in [-0.05, 0) is 73.1 Å². The number of aliphatic hydroxyl groups excluding tert-OH is 2. The molecule has 2 aromatic carbocycles. The first-order chi connectivity index (χ1) is 31.9. The molecular weight excluding hydrogens is 921 g/mol. The zero-order chi connectivity index (χ0) is 50.1. The lowest BCUT2D eigenvalue weighted by Gasteiger charge is -2.50. The van der Waals surface area contributed by atoms with Gasteiger partial charge in [-0.1, -0.05) is 19.9 Å². The van der Waals surface area contributed by atoms with E-state index in [4.69, 9.17) is 9.47 Å². The van der Waals surface area contributed by atoms with E-state index in [0.717, 1.165) is 73.9 Å². The van der Waals surface area contributed by atoms with Crippen molar-refractivity contribution in [1.29, 1.82) is 0 Å². The van der Waals surface area contributed by atoms with E-state index in [1.807, 2.05) is 12.1 Å². The van der Waals surface area contributed by atoms with E-state index in [1.165, 1.54) is 74.4 Å². The van der Waals surface area contributed by atoms with E-state index in [0.29, 0.717) is 12.1 Å². The predicted octanol–water partition coefficient (Wildman–Crippen LogP) is 8.00. The number of nitrogens with zero attached hydrogens (tertiary/aromatic N) is 2. The maximum Gasteiger partial charge on any atom is 0.673 e. The standard InChI is InChI=1S/C45H63N4O4.3BF4/c1-5-30-28-48-20-14-32(30)24-42(48)44(50)36-16-22-46(40-12-10-34(52-3)26-38(36)40)18-8-7-9-19-47-23-17-37(39-27-35(53-4)11-13-41(39)47)45(51)43-25-33-15-21-49(43)29-31(33)6-2;3*2-1(3,4)5/h7-13,18-19,26-27,30-33,36-37,42-45,50-51H,5-6,14-17,20-25,28-29H2,1-4H3;;;/q+1;3*-1/p+2/t30-,31-,32-,33-,36-,37-,42-,43-,44+,45+;;;/m0.../s1. The second kappa shape index (κ2) is 23.9. The molecule has 8 aliphatic rings. The van der Waals surface area contributed by atoms with Crippen molar-refractivity contribution in [3.05, 3.63) is 72.0 Å². The van der Waals surface area contributed by atoms with Crippen LogP contribution in [0.15, 0.2) is 60.8 Å². The van der Waals surface area contributed by atoms with E-state index in [-0.39, 0.29) is 24.0 Å². The quantitative estimate of drug-likeness (QED) is 0.0796. The highest BCUT2D eigenvalue weighted by Crippen LogP contribution is 2.43. The number of ether oxygens (including phenoxy) is 2. The molecule has 4 N–H and O–H groups in total. The molecule has 8 aliphatic heterocycles. The van der Waals surface area contributed by atoms with E-state index >= 15 is 0 Å². The van der Waals surface area contributed by atoms with E-state index in [1.54, 1.807) is 24.0 Å². The predicted molar refractivity (Wildman–Crippen MR) is 242 cm³/mol. The molecule has 8 nitrogen and oxygen atoms in total. The highest BCUT2D eigenvalue weighted by molar-refractivity contribution is 6.50. The number of allylic oxidation sites excluding steroid dienone is 3. The van der Waals surface area contributed by atoms with Gasteiger partial charge in [0.25, 0.3) is 0 Å². The Morgan fingerprint density at radius 3 is 1.59 bits per heavy atom. The summed E-state index contributed by atoms with van der Waals surface area (Å²) in [6, 6.07) is 13.4. The normalized spacial score (nSPS) is 30.3. The lowest BCUT2D eigenvalue weighted by molar-refractivity contribution is -0.950. The highest BCUT2D eigenvalue weighted by Gasteiger charge is 2.50. The van der Waals surface area contributed by atoms with Crippen molar-refractivity contribution in [2.45, 2.75) is 101 Å². The third-order valence-electron chi connectivity index (χ3n) is 14.9. The number of nitrogens with one attached hydrogen (secondary N) is 2. The molecule has 6 fully saturated rings. The Hall–Kier alpha value is -3.82. The van der Waals surface area contributed by atoms with Crippen LogP contribution in [0.25, 0.3) is 0 Å². The molecule has 0 saturated carbocycles. The number of halogens is 12. The monoisotopic (exact) mass is 987 g/mol. The summed E-state index contributed by atoms with van der Waals surface area (Å²) in [6.07, 6.45) is 19.4. The fourth-order valence-electron chi connectivity index (χ4n) is 11.9. The minimum Gasteiger partial charge on any atom is -0.497 e. The smallest absolute Gasteiger partial charge is 0.497 e. The lowest BCUT2D eigenvalue weighted by atomic mass is 9.70. The molecule has 12 atom stereocenters. The summed E-state index contributed by atoms with van der Waals surface area (Å²) in [5.74, 6) is 5.12. The third-order valence-corrected chi connectivity index (χ3v) is 14.9. The molecule has 10 rings (SSSR count). The van der Waals surface area contributed by atoms with Crippen LogP contribution in [0.3, 0.4) is 0 Å². The molecule has 68 heavy (non-hydrogen) atoms. The average molecular weight is 986 g/mol. The molecule has 2 unspecified atom stereocenters. The first-order valence-corrected chi connectivity index (χ1v) is 23.6. The molecule has 382 valence electrons. The van der Waals surface area contributed by atoms with Crippen LogP contribution in [-0.4, -0.2) is 121 Å². The number of piperidine rings is 6. The Kier molecular flexibility index (Phi) is 19.3. The molecule has 0 radical (unpaired) electrons. The number of hydrogen-bond acceptors (Lipinski definition) is 5. The van der Waals surface area contributed by atoms with Gasteiger partial charge in [-0.3, -0.25) is 0 Å². The average Bonchev–Trinajstić information content (AvgIpc) is 3.29. The SMILES string of the molecule is CC[C@H]1C[NH+]2CC[C@H]1C[C@H]2[C@H](O)[C@H]1CCN(/C=C/C=C/C=[N+]2CC[C@H]([C@@H](O)[C@@H]3C[C@@H]4CC[NH+]3C[C@@H]4CC)c3cc(OC)ccc32)c2ccc(OC)cc21.F[B-](F)(F)F.F[B-](F)(F)F.F[B-](F)(F)F. The molecule has 4 bridgehead atoms. The van der Waals surface area contributed by atoms with Crippen molar-refractivity contribution in [3.8, 4) is 11.5 Å². The van der Waals surface area contributed by atoms with Crippen LogP contribution in [0.1, 0.15) is 88.2 Å². The molecule has 0 amide bonds. The summed E-state index contributed by atoms with van der Waals surface area (Å²) in [5.41, 5.74) is 4.76. The van der Waals surface area contributed by atoms with Gasteiger partial charge in [-0.15, -0.1) is 0 Å². The number of methoxy groups -OCH3 is 2. The minimum absolute atomic E-state index is 0.116. The third kappa shape index (κ3) is 15.6. The molecule has 6 saturated heterocycles. The van der Waals surface area contributed by atoms with Gasteiger partial charge in [0.2, 0.25) is 5.69 Å². The van der Waals surface area contributed by atoms with Crippen molar-refractivity contribution in [3.63, 3.8) is 0 Å². The Bertz CT molecular complexity index is 1980.